The Morgan fingerprint density at radius 2 is 1.88 bits per heavy atom. The molecule has 4 N–H and O–H groups in total. The van der Waals surface area contributed by atoms with Crippen molar-refractivity contribution in [1.82, 2.24) is 25.3 Å². The van der Waals surface area contributed by atoms with Crippen molar-refractivity contribution in [3.63, 3.8) is 0 Å². The lowest BCUT2D eigenvalue weighted by molar-refractivity contribution is -0.137. The summed E-state index contributed by atoms with van der Waals surface area (Å²) in [5.41, 5.74) is 5.79. The van der Waals surface area contributed by atoms with E-state index >= 15 is 4.39 Å². The van der Waals surface area contributed by atoms with Crippen LogP contribution in [0.5, 0.6) is 0 Å². The number of likely N-dealkylation sites (N-methyl/N-ethyl adjacent to an activating group) is 1. The van der Waals surface area contributed by atoms with Crippen molar-refractivity contribution in [2.45, 2.75) is 109 Å². The number of hydrogen-bond acceptors (Lipinski definition) is 8. The van der Waals surface area contributed by atoms with Gasteiger partial charge in [0.2, 0.25) is 11.8 Å². The third-order valence-electron chi connectivity index (χ3n) is 10.7. The predicted molar refractivity (Wildman–Crippen MR) is 189 cm³/mol. The first-order valence-corrected chi connectivity index (χ1v) is 18.3. The Balaban J connectivity index is 1.53. The molecule has 0 spiro atoms. The number of alkyl halides is 1. The summed E-state index contributed by atoms with van der Waals surface area (Å²) in [6.45, 7) is 12.5. The predicted octanol–water partition coefficient (Wildman–Crippen LogP) is 3.84. The van der Waals surface area contributed by atoms with Gasteiger partial charge in [-0.05, 0) is 83.8 Å². The minimum absolute atomic E-state index is 0.0322. The van der Waals surface area contributed by atoms with Gasteiger partial charge in [0.1, 0.15) is 11.5 Å². The standard InChI is InChI=1S/C36H60F2N8O2/c1-6-8-15-36(38)24-40-23-30(32(36)45-18-13-27(14-19-45)35(48)46-17-9-16-44(5)20-21-46)43-34(47)31-26(4)41-22-28(37)11-12-29(42-33(31)39)25(3)10-7-2/h11-12,22-23,25-27,30-33,42H,6-10,13-21,24,39H2,1-5H3,(H,43,47)/b28-11+,29-12-,41-22-. The molecule has 0 aromatic heterocycles. The Morgan fingerprint density at radius 1 is 1.12 bits per heavy atom. The first-order chi connectivity index (χ1) is 23.0. The molecular formula is C36H60F2N8O2. The van der Waals surface area contributed by atoms with Crippen LogP contribution in [-0.2, 0) is 9.59 Å². The molecule has 0 bridgehead atoms. The van der Waals surface area contributed by atoms with E-state index in [9.17, 15) is 14.0 Å². The van der Waals surface area contributed by atoms with Crippen LogP contribution in [0.3, 0.4) is 0 Å². The molecular weight excluding hydrogens is 614 g/mol. The number of nitrogens with two attached hydrogens (primary N) is 1. The molecule has 4 aliphatic rings. The van der Waals surface area contributed by atoms with Crippen molar-refractivity contribution in [3.05, 3.63) is 23.7 Å². The Hall–Kier alpha value is -2.70. The molecule has 4 rings (SSSR count). The number of hydrogen-bond donors (Lipinski definition) is 3. The number of allylic oxidation sites excluding steroid dienone is 4. The molecule has 2 amide bonds. The number of rotatable bonds is 10. The number of nitrogens with zero attached hydrogens (tertiary/aromatic N) is 5. The molecule has 12 heteroatoms. The normalized spacial score (nSPS) is 34.9. The van der Waals surface area contributed by atoms with Crippen LogP contribution in [0, 0.1) is 17.8 Å². The lowest BCUT2D eigenvalue weighted by Crippen LogP contribution is -2.67. The largest absolute Gasteiger partial charge is 0.372 e. The summed E-state index contributed by atoms with van der Waals surface area (Å²) in [5.74, 6) is -1.56. The van der Waals surface area contributed by atoms with Gasteiger partial charge in [-0.15, -0.1) is 0 Å². The van der Waals surface area contributed by atoms with Crippen LogP contribution in [-0.4, -0.2) is 122 Å². The lowest BCUT2D eigenvalue weighted by atomic mass is 9.81. The Morgan fingerprint density at radius 3 is 2.58 bits per heavy atom. The summed E-state index contributed by atoms with van der Waals surface area (Å²) in [4.78, 5) is 42.9. The monoisotopic (exact) mass is 674 g/mol. The minimum atomic E-state index is -1.64. The van der Waals surface area contributed by atoms with E-state index in [1.54, 1.807) is 19.2 Å². The molecule has 270 valence electrons. The number of nitrogens with one attached hydrogen (secondary N) is 2. The summed E-state index contributed by atoms with van der Waals surface area (Å²) >= 11 is 0. The summed E-state index contributed by atoms with van der Waals surface area (Å²) in [6, 6.07) is -2.00. The smallest absolute Gasteiger partial charge is 0.229 e. The number of piperidine rings is 1. The van der Waals surface area contributed by atoms with Gasteiger partial charge in [-0.3, -0.25) is 24.5 Å². The Kier molecular flexibility index (Phi) is 14.1. The van der Waals surface area contributed by atoms with Crippen LogP contribution in [0.2, 0.25) is 0 Å². The van der Waals surface area contributed by atoms with Crippen LogP contribution in [0.4, 0.5) is 8.78 Å². The Bertz CT molecular complexity index is 1200. The molecule has 2 saturated heterocycles. The van der Waals surface area contributed by atoms with Gasteiger partial charge in [0, 0.05) is 37.5 Å². The number of halogens is 2. The van der Waals surface area contributed by atoms with Gasteiger partial charge in [0.25, 0.3) is 0 Å². The molecule has 7 atom stereocenters. The van der Waals surface area contributed by atoms with Crippen LogP contribution in [0.25, 0.3) is 0 Å². The van der Waals surface area contributed by atoms with Crippen LogP contribution < -0.4 is 16.4 Å². The quantitative estimate of drug-likeness (QED) is 0.324. The summed E-state index contributed by atoms with van der Waals surface area (Å²) in [6.07, 6.45) is 11.0. The third kappa shape index (κ3) is 9.72. The highest BCUT2D eigenvalue weighted by Crippen LogP contribution is 2.35. The second-order valence-electron chi connectivity index (χ2n) is 14.5. The maximum Gasteiger partial charge on any atom is 0.229 e. The molecule has 4 heterocycles. The van der Waals surface area contributed by atoms with Crippen LogP contribution in [0.15, 0.2) is 33.7 Å². The first kappa shape index (κ1) is 38.1. The van der Waals surface area contributed by atoms with E-state index in [-0.39, 0.29) is 30.2 Å². The van der Waals surface area contributed by atoms with E-state index in [0.717, 1.165) is 63.8 Å². The van der Waals surface area contributed by atoms with Gasteiger partial charge >= 0.3 is 0 Å². The highest BCUT2D eigenvalue weighted by atomic mass is 19.1. The number of carbonyl (C=O) groups is 2. The molecule has 0 aromatic rings. The fourth-order valence-corrected chi connectivity index (χ4v) is 7.79. The zero-order valence-electron chi connectivity index (χ0n) is 29.8. The van der Waals surface area contributed by atoms with Crippen molar-refractivity contribution in [1.29, 1.82) is 0 Å². The van der Waals surface area contributed by atoms with E-state index < -0.39 is 41.7 Å². The van der Waals surface area contributed by atoms with Crippen molar-refractivity contribution >= 4 is 24.2 Å². The molecule has 48 heavy (non-hydrogen) atoms. The number of unbranched alkanes of at least 4 members (excludes halogenated alkanes) is 1. The van der Waals surface area contributed by atoms with Crippen molar-refractivity contribution in [2.24, 2.45) is 33.5 Å². The molecule has 7 unspecified atom stereocenters. The molecule has 0 saturated carbocycles. The fourth-order valence-electron chi connectivity index (χ4n) is 7.79. The first-order valence-electron chi connectivity index (χ1n) is 18.3. The van der Waals surface area contributed by atoms with Crippen molar-refractivity contribution < 1.29 is 18.4 Å². The van der Waals surface area contributed by atoms with E-state index in [0.29, 0.717) is 38.8 Å². The average Bonchev–Trinajstić information content (AvgIpc) is 3.28. The van der Waals surface area contributed by atoms with E-state index in [1.807, 2.05) is 18.7 Å². The molecule has 0 aromatic carbocycles. The molecule has 10 nitrogen and oxygen atoms in total. The highest BCUT2D eigenvalue weighted by molar-refractivity contribution is 5.85. The Labute approximate surface area is 286 Å². The summed E-state index contributed by atoms with van der Waals surface area (Å²) < 4.78 is 31.7. The maximum atomic E-state index is 17.1. The van der Waals surface area contributed by atoms with Gasteiger partial charge < -0.3 is 26.2 Å². The van der Waals surface area contributed by atoms with Gasteiger partial charge in [0.05, 0.1) is 43.0 Å². The van der Waals surface area contributed by atoms with Crippen molar-refractivity contribution in [3.8, 4) is 0 Å². The molecule has 4 aliphatic heterocycles. The average molecular weight is 675 g/mol. The molecule has 2 fully saturated rings. The number of amides is 2. The zero-order chi connectivity index (χ0) is 34.8. The molecule has 0 radical (unpaired) electrons. The molecule has 0 aliphatic carbocycles. The van der Waals surface area contributed by atoms with Gasteiger partial charge in [-0.2, -0.15) is 0 Å². The van der Waals surface area contributed by atoms with Gasteiger partial charge in [-0.1, -0.05) is 40.0 Å². The van der Waals surface area contributed by atoms with Gasteiger partial charge in [-0.25, -0.2) is 8.78 Å². The van der Waals surface area contributed by atoms with Gasteiger partial charge in [0.15, 0.2) is 0 Å². The minimum Gasteiger partial charge on any atom is -0.372 e. The van der Waals surface area contributed by atoms with Crippen molar-refractivity contribution in [2.75, 3.05) is 52.9 Å². The topological polar surface area (TPSA) is 119 Å². The summed E-state index contributed by atoms with van der Waals surface area (Å²) in [7, 11) is 2.09. The van der Waals surface area contributed by atoms with Crippen LogP contribution in [0.1, 0.15) is 79.1 Å². The SMILES string of the molecule is CCCCC1(F)CN=CC(NC(=O)C2C(C)\N=C/C(F)=C\C=C(\C(C)CCC)NC2N)C1N1CCC(C(=O)N2CCCN(C)CC2)CC1. The van der Waals surface area contributed by atoms with E-state index in [1.165, 1.54) is 6.08 Å². The number of aliphatic imine (C=N–C) groups is 2. The second kappa shape index (κ2) is 17.8. The summed E-state index contributed by atoms with van der Waals surface area (Å²) in [5, 5.41) is 6.41. The fraction of sp³-hybridized carbons (Fsp3) is 0.778. The zero-order valence-corrected chi connectivity index (χ0v) is 29.8. The maximum absolute atomic E-state index is 17.1. The third-order valence-corrected chi connectivity index (χ3v) is 10.7. The number of likely N-dealkylation sites (tertiary alicyclic amines) is 1. The van der Waals surface area contributed by atoms with E-state index in [4.69, 9.17) is 5.73 Å². The number of carbonyl (C=O) groups excluding carboxylic acids is 2. The van der Waals surface area contributed by atoms with Crippen LogP contribution >= 0.6 is 0 Å². The lowest BCUT2D eigenvalue weighted by Gasteiger charge is -2.48. The van der Waals surface area contributed by atoms with E-state index in [2.05, 4.69) is 44.4 Å². The highest BCUT2D eigenvalue weighted by Gasteiger charge is 2.50. The second-order valence-corrected chi connectivity index (χ2v) is 14.5.